The number of rotatable bonds is 3. The molecule has 0 spiro atoms. The van der Waals surface area contributed by atoms with Crippen molar-refractivity contribution in [3.8, 4) is 0 Å². The largest absolute Gasteiger partial charge is 0.384 e. The second kappa shape index (κ2) is 5.55. The standard InChI is InChI=1S/C15H21N3O3S/c1-10-4-6-18(7-5-10)22(20,21)11-2-3-14-12(8-11)13(9-17-14)15(16)19/h2-3,8,10,13,17H,4-7,9H2,1H3,(H2,16,19). The van der Waals surface area contributed by atoms with Gasteiger partial charge in [0.05, 0.1) is 10.8 Å². The van der Waals surface area contributed by atoms with Crippen LogP contribution in [0.15, 0.2) is 23.1 Å². The number of hydrogen-bond donors (Lipinski definition) is 2. The van der Waals surface area contributed by atoms with E-state index in [1.807, 2.05) is 0 Å². The van der Waals surface area contributed by atoms with Crippen molar-refractivity contribution in [1.29, 1.82) is 0 Å². The van der Waals surface area contributed by atoms with Gasteiger partial charge in [0, 0.05) is 25.3 Å². The molecule has 22 heavy (non-hydrogen) atoms. The molecule has 3 rings (SSSR count). The molecule has 0 aromatic heterocycles. The number of benzene rings is 1. The number of nitrogens with zero attached hydrogens (tertiary/aromatic N) is 1. The van der Waals surface area contributed by atoms with E-state index in [-0.39, 0.29) is 4.90 Å². The molecule has 1 saturated heterocycles. The van der Waals surface area contributed by atoms with Gasteiger partial charge in [0.2, 0.25) is 15.9 Å². The Bertz CT molecular complexity index is 694. The summed E-state index contributed by atoms with van der Waals surface area (Å²) in [6.45, 7) is 3.67. The minimum Gasteiger partial charge on any atom is -0.384 e. The third-order valence-corrected chi connectivity index (χ3v) is 6.51. The van der Waals surface area contributed by atoms with E-state index in [1.54, 1.807) is 18.2 Å². The highest BCUT2D eigenvalue weighted by Gasteiger charge is 2.32. The topological polar surface area (TPSA) is 92.5 Å². The lowest BCUT2D eigenvalue weighted by molar-refractivity contribution is -0.119. The number of sulfonamides is 1. The van der Waals surface area contributed by atoms with Crippen LogP contribution in [-0.4, -0.2) is 38.3 Å². The molecular formula is C15H21N3O3S. The average molecular weight is 323 g/mol. The van der Waals surface area contributed by atoms with Crippen LogP contribution in [0.5, 0.6) is 0 Å². The van der Waals surface area contributed by atoms with Crippen LogP contribution in [0, 0.1) is 5.92 Å². The lowest BCUT2D eigenvalue weighted by Crippen LogP contribution is -2.37. The first-order valence-corrected chi connectivity index (χ1v) is 9.01. The quantitative estimate of drug-likeness (QED) is 0.871. The summed E-state index contributed by atoms with van der Waals surface area (Å²) in [6, 6.07) is 4.92. The number of fused-ring (bicyclic) bond motifs is 1. The Kier molecular flexibility index (Phi) is 3.86. The molecule has 0 bridgehead atoms. The van der Waals surface area contributed by atoms with Crippen molar-refractivity contribution in [3.63, 3.8) is 0 Å². The fourth-order valence-corrected chi connectivity index (χ4v) is 4.61. The second-order valence-electron chi connectivity index (χ2n) is 6.17. The Balaban J connectivity index is 1.92. The first-order valence-electron chi connectivity index (χ1n) is 7.57. The van der Waals surface area contributed by atoms with Gasteiger partial charge in [0.1, 0.15) is 0 Å². The molecule has 2 heterocycles. The van der Waals surface area contributed by atoms with Gasteiger partial charge in [-0.1, -0.05) is 6.92 Å². The maximum atomic E-state index is 12.8. The third kappa shape index (κ3) is 2.59. The van der Waals surface area contributed by atoms with Gasteiger partial charge >= 0.3 is 0 Å². The van der Waals surface area contributed by atoms with E-state index in [4.69, 9.17) is 5.73 Å². The van der Waals surface area contributed by atoms with Crippen molar-refractivity contribution in [2.24, 2.45) is 11.7 Å². The molecule has 1 atom stereocenters. The van der Waals surface area contributed by atoms with Crippen molar-refractivity contribution in [2.45, 2.75) is 30.6 Å². The molecule has 120 valence electrons. The second-order valence-corrected chi connectivity index (χ2v) is 8.11. The van der Waals surface area contributed by atoms with Crippen LogP contribution in [0.2, 0.25) is 0 Å². The van der Waals surface area contributed by atoms with E-state index in [9.17, 15) is 13.2 Å². The van der Waals surface area contributed by atoms with E-state index in [0.29, 0.717) is 31.1 Å². The van der Waals surface area contributed by atoms with Crippen molar-refractivity contribution < 1.29 is 13.2 Å². The highest BCUT2D eigenvalue weighted by molar-refractivity contribution is 7.89. The fourth-order valence-electron chi connectivity index (χ4n) is 3.10. The Morgan fingerprint density at radius 3 is 2.64 bits per heavy atom. The Morgan fingerprint density at radius 1 is 1.32 bits per heavy atom. The number of carbonyl (C=O) groups excluding carboxylic acids is 1. The number of primary amides is 1. The number of amides is 1. The smallest absolute Gasteiger partial charge is 0.243 e. The summed E-state index contributed by atoms with van der Waals surface area (Å²) in [5.41, 5.74) is 6.86. The van der Waals surface area contributed by atoms with Crippen LogP contribution >= 0.6 is 0 Å². The minimum absolute atomic E-state index is 0.246. The van der Waals surface area contributed by atoms with Crippen molar-refractivity contribution in [2.75, 3.05) is 25.0 Å². The number of carbonyl (C=O) groups is 1. The van der Waals surface area contributed by atoms with E-state index in [2.05, 4.69) is 12.2 Å². The molecule has 6 nitrogen and oxygen atoms in total. The van der Waals surface area contributed by atoms with Crippen LogP contribution in [0.3, 0.4) is 0 Å². The molecule has 0 aliphatic carbocycles. The molecule has 2 aliphatic rings. The predicted octanol–water partition coefficient (Wildman–Crippen LogP) is 1.10. The van der Waals surface area contributed by atoms with E-state index >= 15 is 0 Å². The van der Waals surface area contributed by atoms with Crippen LogP contribution in [-0.2, 0) is 14.8 Å². The molecule has 2 aliphatic heterocycles. The van der Waals surface area contributed by atoms with Gasteiger partial charge in [0.25, 0.3) is 0 Å². The summed E-state index contributed by atoms with van der Waals surface area (Å²) in [5.74, 6) is -0.339. The number of nitrogens with two attached hydrogens (primary N) is 1. The zero-order chi connectivity index (χ0) is 15.9. The van der Waals surface area contributed by atoms with Gasteiger partial charge < -0.3 is 11.1 Å². The average Bonchev–Trinajstić information content (AvgIpc) is 2.90. The monoisotopic (exact) mass is 323 g/mol. The normalized spacial score (nSPS) is 23.0. The number of nitrogens with one attached hydrogen (secondary N) is 1. The summed E-state index contributed by atoms with van der Waals surface area (Å²) in [4.78, 5) is 11.7. The van der Waals surface area contributed by atoms with Crippen LogP contribution in [0.4, 0.5) is 5.69 Å². The molecular weight excluding hydrogens is 302 g/mol. The molecule has 0 radical (unpaired) electrons. The first kappa shape index (κ1) is 15.3. The van der Waals surface area contributed by atoms with Crippen molar-refractivity contribution in [3.05, 3.63) is 23.8 Å². The van der Waals surface area contributed by atoms with E-state index in [0.717, 1.165) is 18.5 Å². The number of piperidine rings is 1. The molecule has 1 amide bonds. The number of hydrogen-bond acceptors (Lipinski definition) is 4. The maximum absolute atomic E-state index is 12.8. The summed E-state index contributed by atoms with van der Waals surface area (Å²) in [6.07, 6.45) is 1.77. The summed E-state index contributed by atoms with van der Waals surface area (Å²) < 4.78 is 27.1. The molecule has 3 N–H and O–H groups in total. The highest BCUT2D eigenvalue weighted by Crippen LogP contribution is 2.34. The molecule has 7 heteroatoms. The molecule has 1 aromatic rings. The van der Waals surface area contributed by atoms with E-state index < -0.39 is 21.8 Å². The van der Waals surface area contributed by atoms with Crippen molar-refractivity contribution in [1.82, 2.24) is 4.31 Å². The van der Waals surface area contributed by atoms with E-state index in [1.165, 1.54) is 4.31 Å². The first-order chi connectivity index (χ1) is 10.4. The molecule has 1 fully saturated rings. The zero-order valence-electron chi connectivity index (χ0n) is 12.6. The summed E-state index contributed by atoms with van der Waals surface area (Å²) in [7, 11) is -3.50. The lowest BCUT2D eigenvalue weighted by Gasteiger charge is -2.29. The predicted molar refractivity (Wildman–Crippen MR) is 84.0 cm³/mol. The number of anilines is 1. The van der Waals surface area contributed by atoms with Gasteiger partial charge in [0.15, 0.2) is 0 Å². The van der Waals surface area contributed by atoms with Gasteiger partial charge in [-0.2, -0.15) is 4.31 Å². The maximum Gasteiger partial charge on any atom is 0.243 e. The molecule has 1 unspecified atom stereocenters. The van der Waals surface area contributed by atoms with Gasteiger partial charge in [-0.25, -0.2) is 8.42 Å². The SMILES string of the molecule is CC1CCN(S(=O)(=O)c2ccc3c(c2)C(C(N)=O)CN3)CC1. The summed E-state index contributed by atoms with van der Waals surface area (Å²) >= 11 is 0. The van der Waals surface area contributed by atoms with Crippen LogP contribution < -0.4 is 11.1 Å². The Morgan fingerprint density at radius 2 is 2.00 bits per heavy atom. The van der Waals surface area contributed by atoms with Crippen molar-refractivity contribution >= 4 is 21.6 Å². The van der Waals surface area contributed by atoms with Gasteiger partial charge in [-0.05, 0) is 42.5 Å². The lowest BCUT2D eigenvalue weighted by atomic mass is 10.0. The Labute approximate surface area is 130 Å². The van der Waals surface area contributed by atoms with Gasteiger partial charge in [-0.15, -0.1) is 0 Å². The molecule has 0 saturated carbocycles. The zero-order valence-corrected chi connectivity index (χ0v) is 13.4. The van der Waals surface area contributed by atoms with Crippen LogP contribution in [0.1, 0.15) is 31.2 Å². The summed E-state index contributed by atoms with van der Waals surface area (Å²) in [5, 5.41) is 3.09. The highest BCUT2D eigenvalue weighted by atomic mass is 32.2. The minimum atomic E-state index is -3.50. The van der Waals surface area contributed by atoms with Gasteiger partial charge in [-0.3, -0.25) is 4.79 Å². The Hall–Kier alpha value is -1.60. The van der Waals surface area contributed by atoms with Crippen LogP contribution in [0.25, 0.3) is 0 Å². The third-order valence-electron chi connectivity index (χ3n) is 4.62. The fraction of sp³-hybridized carbons (Fsp3) is 0.533. The molecule has 1 aromatic carbocycles.